The minimum Gasteiger partial charge on any atom is -0.493 e. The van der Waals surface area contributed by atoms with Crippen molar-refractivity contribution < 1.29 is 32.2 Å². The van der Waals surface area contributed by atoms with Crippen molar-refractivity contribution in [3.63, 3.8) is 0 Å². The van der Waals surface area contributed by atoms with Gasteiger partial charge in [-0.2, -0.15) is 0 Å². The van der Waals surface area contributed by atoms with Crippen molar-refractivity contribution in [2.24, 2.45) is 0 Å². The van der Waals surface area contributed by atoms with Crippen LogP contribution < -0.4 is 14.8 Å². The molecule has 0 aromatic heterocycles. The first-order valence-corrected chi connectivity index (χ1v) is 9.22. The third-order valence-electron chi connectivity index (χ3n) is 3.32. The van der Waals surface area contributed by atoms with E-state index in [2.05, 4.69) is 10.0 Å². The fraction of sp³-hybridized carbons (Fsp3) is 0.176. The van der Waals surface area contributed by atoms with Gasteiger partial charge in [-0.15, -0.1) is 0 Å². The predicted octanol–water partition coefficient (Wildman–Crippen LogP) is 2.68. The maximum atomic E-state index is 13.7. The van der Waals surface area contributed by atoms with Gasteiger partial charge in [-0.3, -0.25) is 9.52 Å². The van der Waals surface area contributed by atoms with Gasteiger partial charge in [-0.25, -0.2) is 17.6 Å². The maximum Gasteiger partial charge on any atom is 0.339 e. The van der Waals surface area contributed by atoms with Gasteiger partial charge < -0.3 is 15.2 Å². The van der Waals surface area contributed by atoms with E-state index in [4.69, 9.17) is 4.74 Å². The van der Waals surface area contributed by atoms with Crippen LogP contribution in [0.1, 0.15) is 24.2 Å². The highest BCUT2D eigenvalue weighted by Crippen LogP contribution is 2.26. The van der Waals surface area contributed by atoms with E-state index < -0.39 is 27.7 Å². The first kappa shape index (κ1) is 20.2. The second kappa shape index (κ2) is 8.04. The van der Waals surface area contributed by atoms with Gasteiger partial charge in [0.05, 0.1) is 22.9 Å². The Kier molecular flexibility index (Phi) is 6.01. The van der Waals surface area contributed by atoms with Gasteiger partial charge in [0.25, 0.3) is 10.0 Å². The number of sulfonamides is 1. The maximum absolute atomic E-state index is 13.7. The molecule has 0 spiro atoms. The van der Waals surface area contributed by atoms with Crippen molar-refractivity contribution >= 4 is 33.3 Å². The molecule has 0 heterocycles. The Morgan fingerprint density at radius 3 is 2.48 bits per heavy atom. The third kappa shape index (κ3) is 4.94. The summed E-state index contributed by atoms with van der Waals surface area (Å²) in [5.74, 6) is -2.56. The van der Waals surface area contributed by atoms with Gasteiger partial charge >= 0.3 is 5.97 Å². The second-order valence-electron chi connectivity index (χ2n) is 5.38. The molecule has 27 heavy (non-hydrogen) atoms. The molecule has 2 aromatic rings. The molecule has 2 rings (SSSR count). The topological polar surface area (TPSA) is 122 Å². The number of carboxylic acid groups (broad SMARTS) is 1. The lowest BCUT2D eigenvalue weighted by Crippen LogP contribution is -2.15. The van der Waals surface area contributed by atoms with Crippen LogP contribution in [-0.4, -0.2) is 32.0 Å². The van der Waals surface area contributed by atoms with E-state index in [0.717, 1.165) is 18.2 Å². The lowest BCUT2D eigenvalue weighted by atomic mass is 10.2. The normalized spacial score (nSPS) is 10.9. The van der Waals surface area contributed by atoms with Crippen LogP contribution in [0.5, 0.6) is 5.75 Å². The monoisotopic (exact) mass is 396 g/mol. The molecule has 1 amide bonds. The molecule has 0 saturated carbocycles. The van der Waals surface area contributed by atoms with E-state index in [1.54, 1.807) is 6.92 Å². The van der Waals surface area contributed by atoms with Gasteiger partial charge in [-0.05, 0) is 43.3 Å². The molecule has 0 radical (unpaired) electrons. The molecule has 144 valence electrons. The SMILES string of the molecule is CCOc1ccc(S(=O)(=O)Nc2ccc(F)c(NC(C)=O)c2)cc1C(=O)O. The van der Waals surface area contributed by atoms with Crippen molar-refractivity contribution in [1.82, 2.24) is 0 Å². The molecule has 0 aliphatic heterocycles. The fourth-order valence-corrected chi connectivity index (χ4v) is 3.29. The summed E-state index contributed by atoms with van der Waals surface area (Å²) in [7, 11) is -4.16. The molecule has 0 bridgehead atoms. The number of amides is 1. The number of nitrogens with one attached hydrogen (secondary N) is 2. The zero-order chi connectivity index (χ0) is 20.2. The molecule has 0 aliphatic carbocycles. The van der Waals surface area contributed by atoms with E-state index in [9.17, 15) is 27.5 Å². The second-order valence-corrected chi connectivity index (χ2v) is 7.06. The molecule has 2 aromatic carbocycles. The Bertz CT molecular complexity index is 991. The largest absolute Gasteiger partial charge is 0.493 e. The Hall–Kier alpha value is -3.14. The van der Waals surface area contributed by atoms with Crippen LogP contribution in [0, 0.1) is 5.82 Å². The number of carboxylic acids is 1. The average molecular weight is 396 g/mol. The van der Waals surface area contributed by atoms with E-state index in [-0.39, 0.29) is 34.2 Å². The van der Waals surface area contributed by atoms with Crippen LogP contribution in [0.4, 0.5) is 15.8 Å². The Labute approximate surface area is 155 Å². The highest BCUT2D eigenvalue weighted by molar-refractivity contribution is 7.92. The highest BCUT2D eigenvalue weighted by atomic mass is 32.2. The summed E-state index contributed by atoms with van der Waals surface area (Å²) >= 11 is 0. The Morgan fingerprint density at radius 1 is 1.19 bits per heavy atom. The van der Waals surface area contributed by atoms with Crippen LogP contribution in [-0.2, 0) is 14.8 Å². The van der Waals surface area contributed by atoms with Crippen molar-refractivity contribution in [3.05, 3.63) is 47.8 Å². The van der Waals surface area contributed by atoms with Gasteiger partial charge in [0.15, 0.2) is 0 Å². The summed E-state index contributed by atoms with van der Waals surface area (Å²) in [6, 6.07) is 6.68. The Balaban J connectivity index is 2.38. The number of aromatic carboxylic acids is 1. The highest BCUT2D eigenvalue weighted by Gasteiger charge is 2.20. The van der Waals surface area contributed by atoms with Crippen LogP contribution in [0.3, 0.4) is 0 Å². The van der Waals surface area contributed by atoms with Crippen LogP contribution in [0.25, 0.3) is 0 Å². The van der Waals surface area contributed by atoms with Crippen LogP contribution in [0.15, 0.2) is 41.3 Å². The first-order chi connectivity index (χ1) is 12.6. The predicted molar refractivity (Wildman–Crippen MR) is 96.1 cm³/mol. The quantitative estimate of drug-likeness (QED) is 0.661. The Morgan fingerprint density at radius 2 is 1.89 bits per heavy atom. The van der Waals surface area contributed by atoms with E-state index >= 15 is 0 Å². The van der Waals surface area contributed by atoms with Gasteiger partial charge in [0, 0.05) is 6.92 Å². The molecular weight excluding hydrogens is 379 g/mol. The summed E-state index contributed by atoms with van der Waals surface area (Å²) in [5.41, 5.74) is -0.510. The van der Waals surface area contributed by atoms with Crippen molar-refractivity contribution in [2.75, 3.05) is 16.6 Å². The molecule has 3 N–H and O–H groups in total. The summed E-state index contributed by atoms with van der Waals surface area (Å²) in [4.78, 5) is 22.1. The van der Waals surface area contributed by atoms with E-state index in [1.807, 2.05) is 0 Å². The number of carbonyl (C=O) groups is 2. The fourth-order valence-electron chi connectivity index (χ4n) is 2.21. The molecule has 10 heteroatoms. The molecular formula is C17H17FN2O6S. The van der Waals surface area contributed by atoms with Gasteiger partial charge in [-0.1, -0.05) is 0 Å². The zero-order valence-electron chi connectivity index (χ0n) is 14.4. The molecule has 8 nitrogen and oxygen atoms in total. The van der Waals surface area contributed by atoms with Gasteiger partial charge in [0.2, 0.25) is 5.91 Å². The standard InChI is InChI=1S/C17H17FN2O6S/c1-3-26-16-7-5-12(9-13(16)17(22)23)27(24,25)20-11-4-6-14(18)15(8-11)19-10(2)21/h4-9,20H,3H2,1-2H3,(H,19,21)(H,22,23). The summed E-state index contributed by atoms with van der Waals surface area (Å²) in [5, 5.41) is 11.5. The molecule has 0 fully saturated rings. The van der Waals surface area contributed by atoms with Gasteiger partial charge in [0.1, 0.15) is 17.1 Å². The van der Waals surface area contributed by atoms with Crippen molar-refractivity contribution in [3.8, 4) is 5.75 Å². The molecule has 0 atom stereocenters. The molecule has 0 aliphatic rings. The van der Waals surface area contributed by atoms with Crippen LogP contribution >= 0.6 is 0 Å². The number of hydrogen-bond donors (Lipinski definition) is 3. The number of hydrogen-bond acceptors (Lipinski definition) is 5. The van der Waals surface area contributed by atoms with E-state index in [1.165, 1.54) is 25.1 Å². The molecule has 0 saturated heterocycles. The zero-order valence-corrected chi connectivity index (χ0v) is 15.3. The first-order valence-electron chi connectivity index (χ1n) is 7.74. The van der Waals surface area contributed by atoms with Crippen molar-refractivity contribution in [2.45, 2.75) is 18.7 Å². The number of rotatable bonds is 7. The smallest absolute Gasteiger partial charge is 0.339 e. The number of benzene rings is 2. The van der Waals surface area contributed by atoms with Crippen LogP contribution in [0.2, 0.25) is 0 Å². The third-order valence-corrected chi connectivity index (χ3v) is 4.70. The number of anilines is 2. The lowest BCUT2D eigenvalue weighted by molar-refractivity contribution is -0.114. The number of ether oxygens (including phenoxy) is 1. The summed E-state index contributed by atoms with van der Waals surface area (Å²) in [6.07, 6.45) is 0. The van der Waals surface area contributed by atoms with Crippen molar-refractivity contribution in [1.29, 1.82) is 0 Å². The number of carbonyl (C=O) groups excluding carboxylic acids is 1. The lowest BCUT2D eigenvalue weighted by Gasteiger charge is -2.12. The minimum atomic E-state index is -4.16. The number of halogens is 1. The summed E-state index contributed by atoms with van der Waals surface area (Å²) in [6.45, 7) is 3.06. The van der Waals surface area contributed by atoms with E-state index in [0.29, 0.717) is 0 Å². The summed E-state index contributed by atoms with van der Waals surface area (Å²) < 4.78 is 46.1. The average Bonchev–Trinajstić information content (AvgIpc) is 2.57. The molecule has 0 unspecified atom stereocenters. The minimum absolute atomic E-state index is 0.00842.